The van der Waals surface area contributed by atoms with Gasteiger partial charge in [-0.1, -0.05) is 0 Å². The van der Waals surface area contributed by atoms with Gasteiger partial charge in [-0.15, -0.1) is 0 Å². The number of H-pyrrole nitrogens is 1. The molecular formula is C16H20N4O6S. The smallest absolute Gasteiger partial charge is 0.330 e. The van der Waals surface area contributed by atoms with E-state index in [1.807, 2.05) is 0 Å². The maximum Gasteiger partial charge on any atom is 0.330 e. The highest BCUT2D eigenvalue weighted by molar-refractivity contribution is 7.89. The molecule has 146 valence electrons. The number of rotatable bonds is 5. The van der Waals surface area contributed by atoms with E-state index in [9.17, 15) is 23.1 Å². The lowest BCUT2D eigenvalue weighted by Crippen LogP contribution is -2.37. The lowest BCUT2D eigenvalue weighted by atomic mass is 10.2. The zero-order valence-corrected chi connectivity index (χ0v) is 15.3. The molecule has 1 aliphatic rings. The predicted molar refractivity (Wildman–Crippen MR) is 96.6 cm³/mol. The van der Waals surface area contributed by atoms with Crippen LogP contribution in [0.5, 0.6) is 0 Å². The van der Waals surface area contributed by atoms with Gasteiger partial charge in [0.25, 0.3) is 5.56 Å². The van der Waals surface area contributed by atoms with Crippen molar-refractivity contribution in [3.8, 4) is 0 Å². The number of nitrogens with zero attached hydrogens (tertiary/aromatic N) is 1. The summed E-state index contributed by atoms with van der Waals surface area (Å²) in [7, 11) is -3.80. The maximum absolute atomic E-state index is 12.3. The van der Waals surface area contributed by atoms with Crippen LogP contribution >= 0.6 is 0 Å². The molecule has 0 amide bonds. The van der Waals surface area contributed by atoms with Crippen molar-refractivity contribution in [1.82, 2.24) is 14.3 Å². The Morgan fingerprint density at radius 2 is 2.00 bits per heavy atom. The second-order valence-electron chi connectivity index (χ2n) is 6.33. The lowest BCUT2D eigenvalue weighted by molar-refractivity contribution is -0.0169. The Labute approximate surface area is 154 Å². The van der Waals surface area contributed by atoms with E-state index in [1.54, 1.807) is 6.92 Å². The predicted octanol–water partition coefficient (Wildman–Crippen LogP) is -0.946. The summed E-state index contributed by atoms with van der Waals surface area (Å²) < 4.78 is 33.8. The van der Waals surface area contributed by atoms with Crippen LogP contribution in [0.4, 0.5) is 5.69 Å². The summed E-state index contributed by atoms with van der Waals surface area (Å²) in [6, 6.07) is 5.68. The number of anilines is 1. The largest absolute Gasteiger partial charge is 0.399 e. The van der Waals surface area contributed by atoms with Crippen molar-refractivity contribution in [3.05, 3.63) is 56.9 Å². The van der Waals surface area contributed by atoms with Gasteiger partial charge in [0.05, 0.1) is 17.1 Å². The summed E-state index contributed by atoms with van der Waals surface area (Å²) in [6.45, 7) is 1.36. The first kappa shape index (κ1) is 19.3. The SMILES string of the molecule is Cc1cn(C2CC(O)C(CNS(=O)(=O)c3ccc(N)cc3)O2)c(=O)[nH]c1=O. The van der Waals surface area contributed by atoms with Crippen LogP contribution in [0.1, 0.15) is 18.2 Å². The number of hydrogen-bond acceptors (Lipinski definition) is 7. The van der Waals surface area contributed by atoms with Crippen LogP contribution in [0.3, 0.4) is 0 Å². The summed E-state index contributed by atoms with van der Waals surface area (Å²) in [5.41, 5.74) is 5.14. The number of aliphatic hydroxyl groups excluding tert-OH is 1. The Morgan fingerprint density at radius 1 is 1.33 bits per heavy atom. The number of aromatic amines is 1. The first-order valence-electron chi connectivity index (χ1n) is 8.18. The number of nitrogens with two attached hydrogens (primary N) is 1. The minimum atomic E-state index is -3.80. The average Bonchev–Trinajstić information content (AvgIpc) is 2.97. The quantitative estimate of drug-likeness (QED) is 0.475. The Kier molecular flexibility index (Phi) is 5.20. The van der Waals surface area contributed by atoms with E-state index < -0.39 is 39.7 Å². The number of aliphatic hydroxyl groups is 1. The van der Waals surface area contributed by atoms with E-state index in [0.29, 0.717) is 11.3 Å². The summed E-state index contributed by atoms with van der Waals surface area (Å²) >= 11 is 0. The van der Waals surface area contributed by atoms with E-state index in [-0.39, 0.29) is 17.9 Å². The molecule has 11 heteroatoms. The van der Waals surface area contributed by atoms with E-state index in [2.05, 4.69) is 9.71 Å². The van der Waals surface area contributed by atoms with Crippen LogP contribution in [0.15, 0.2) is 44.9 Å². The van der Waals surface area contributed by atoms with E-state index in [1.165, 1.54) is 35.0 Å². The van der Waals surface area contributed by atoms with Crippen LogP contribution in [0.2, 0.25) is 0 Å². The third-order valence-corrected chi connectivity index (χ3v) is 5.76. The number of aryl methyl sites for hydroxylation is 1. The van der Waals surface area contributed by atoms with Crippen molar-refractivity contribution in [2.24, 2.45) is 0 Å². The Bertz CT molecular complexity index is 1040. The molecule has 1 fully saturated rings. The molecule has 1 aliphatic heterocycles. The third-order valence-electron chi connectivity index (χ3n) is 4.33. The first-order chi connectivity index (χ1) is 12.7. The number of aromatic nitrogens is 2. The van der Waals surface area contributed by atoms with Crippen molar-refractivity contribution in [2.75, 3.05) is 12.3 Å². The zero-order valence-electron chi connectivity index (χ0n) is 14.5. The lowest BCUT2D eigenvalue weighted by Gasteiger charge is -2.17. The van der Waals surface area contributed by atoms with Crippen LogP contribution in [0.25, 0.3) is 0 Å². The fourth-order valence-electron chi connectivity index (χ4n) is 2.79. The molecule has 1 aromatic carbocycles. The van der Waals surface area contributed by atoms with Crippen molar-refractivity contribution < 1.29 is 18.3 Å². The molecule has 10 nitrogen and oxygen atoms in total. The molecule has 1 saturated heterocycles. The van der Waals surface area contributed by atoms with Gasteiger partial charge in [-0.2, -0.15) is 0 Å². The molecule has 0 bridgehead atoms. The number of sulfonamides is 1. The number of benzene rings is 1. The molecule has 0 saturated carbocycles. The van der Waals surface area contributed by atoms with Gasteiger partial charge in [0.15, 0.2) is 0 Å². The first-order valence-corrected chi connectivity index (χ1v) is 9.66. The molecule has 0 aliphatic carbocycles. The van der Waals surface area contributed by atoms with Crippen LogP contribution in [-0.2, 0) is 14.8 Å². The van der Waals surface area contributed by atoms with Gasteiger partial charge in [-0.25, -0.2) is 17.9 Å². The Balaban J connectivity index is 1.70. The summed E-state index contributed by atoms with van der Waals surface area (Å²) in [6.07, 6.45) is -1.21. The highest BCUT2D eigenvalue weighted by atomic mass is 32.2. The molecule has 5 N–H and O–H groups in total. The van der Waals surface area contributed by atoms with Gasteiger partial charge < -0.3 is 15.6 Å². The Morgan fingerprint density at radius 3 is 2.67 bits per heavy atom. The van der Waals surface area contributed by atoms with Crippen LogP contribution in [-0.4, -0.2) is 41.8 Å². The summed E-state index contributed by atoms with van der Waals surface area (Å²) in [5, 5.41) is 10.2. The second-order valence-corrected chi connectivity index (χ2v) is 8.10. The molecular weight excluding hydrogens is 376 g/mol. The maximum atomic E-state index is 12.3. The van der Waals surface area contributed by atoms with Crippen LogP contribution < -0.4 is 21.7 Å². The van der Waals surface area contributed by atoms with Gasteiger partial charge in [-0.05, 0) is 31.2 Å². The fourth-order valence-corrected chi connectivity index (χ4v) is 3.84. The second kappa shape index (κ2) is 7.27. The highest BCUT2D eigenvalue weighted by Gasteiger charge is 2.36. The molecule has 1 aromatic heterocycles. The molecule has 2 heterocycles. The van der Waals surface area contributed by atoms with E-state index in [0.717, 1.165) is 0 Å². The van der Waals surface area contributed by atoms with E-state index >= 15 is 0 Å². The molecule has 27 heavy (non-hydrogen) atoms. The summed E-state index contributed by atoms with van der Waals surface area (Å²) in [4.78, 5) is 25.6. The van der Waals surface area contributed by atoms with Crippen molar-refractivity contribution >= 4 is 15.7 Å². The van der Waals surface area contributed by atoms with Crippen molar-refractivity contribution in [2.45, 2.75) is 36.7 Å². The van der Waals surface area contributed by atoms with Gasteiger partial charge in [0.1, 0.15) is 6.23 Å². The third kappa shape index (κ3) is 4.11. The number of ether oxygens (including phenoxy) is 1. The van der Waals surface area contributed by atoms with Gasteiger partial charge in [-0.3, -0.25) is 14.3 Å². The topological polar surface area (TPSA) is 157 Å². The summed E-state index contributed by atoms with van der Waals surface area (Å²) in [5.74, 6) is 0. The van der Waals surface area contributed by atoms with Gasteiger partial charge >= 0.3 is 5.69 Å². The molecule has 3 rings (SSSR count). The highest BCUT2D eigenvalue weighted by Crippen LogP contribution is 2.27. The number of hydrogen-bond donors (Lipinski definition) is 4. The normalized spacial score (nSPS) is 22.8. The monoisotopic (exact) mass is 396 g/mol. The van der Waals surface area contributed by atoms with Crippen molar-refractivity contribution in [3.63, 3.8) is 0 Å². The standard InChI is InChI=1S/C16H20N4O6S/c1-9-8-20(16(23)19-15(9)22)14-6-12(21)13(26-14)7-18-27(24,25)11-4-2-10(17)3-5-11/h2-5,8,12-14,18,21H,6-7,17H2,1H3,(H,19,22,23). The number of nitrogen functional groups attached to an aromatic ring is 1. The number of nitrogens with one attached hydrogen (secondary N) is 2. The molecule has 3 atom stereocenters. The fraction of sp³-hybridized carbons (Fsp3) is 0.375. The zero-order chi connectivity index (χ0) is 19.8. The Hall–Kier alpha value is -2.47. The molecule has 0 spiro atoms. The minimum absolute atomic E-state index is 0.0354. The molecule has 0 radical (unpaired) electrons. The van der Waals surface area contributed by atoms with Gasteiger partial charge in [0.2, 0.25) is 10.0 Å². The molecule has 2 aromatic rings. The minimum Gasteiger partial charge on any atom is -0.399 e. The van der Waals surface area contributed by atoms with E-state index in [4.69, 9.17) is 10.5 Å². The van der Waals surface area contributed by atoms with Crippen molar-refractivity contribution in [1.29, 1.82) is 0 Å². The van der Waals surface area contributed by atoms with Crippen LogP contribution in [0, 0.1) is 6.92 Å². The van der Waals surface area contributed by atoms with Gasteiger partial charge in [0, 0.05) is 30.4 Å². The molecule has 3 unspecified atom stereocenters. The average molecular weight is 396 g/mol.